The molecule has 1 amide bonds. The van der Waals surface area contributed by atoms with E-state index in [1.807, 2.05) is 11.0 Å². The van der Waals surface area contributed by atoms with Crippen LogP contribution in [0.15, 0.2) is 29.2 Å². The molecule has 10 heteroatoms. The van der Waals surface area contributed by atoms with Gasteiger partial charge >= 0.3 is 0 Å². The van der Waals surface area contributed by atoms with Crippen LogP contribution in [0.4, 0.5) is 5.00 Å². The van der Waals surface area contributed by atoms with E-state index >= 15 is 0 Å². The van der Waals surface area contributed by atoms with Gasteiger partial charge in [-0.3, -0.25) is 9.69 Å². The first-order chi connectivity index (χ1) is 16.4. The van der Waals surface area contributed by atoms with Crippen molar-refractivity contribution in [2.45, 2.75) is 50.0 Å². The standard InChI is InChI=1S/C24H27N5O3S2/c1-17(23(30)27-24-20(16-26)19-8-3-2-4-9-21(19)33-24)28-11-13-29(14-12-28)34(31,32)22-10-6-5-7-18(22)15-25/h5-7,10,17H,2-4,8-9,11-14H2,1H3,(H,27,30)/t17-/m0/s1. The Morgan fingerprint density at radius 1 is 1.06 bits per heavy atom. The lowest BCUT2D eigenvalue weighted by Gasteiger charge is -2.36. The molecule has 34 heavy (non-hydrogen) atoms. The molecule has 4 rings (SSSR count). The molecule has 0 unspecified atom stereocenters. The first-order valence-corrected chi connectivity index (χ1v) is 13.7. The maximum atomic E-state index is 13.1. The molecule has 0 bridgehead atoms. The predicted octanol–water partition coefficient (Wildman–Crippen LogP) is 3.09. The number of fused-ring (bicyclic) bond motifs is 1. The van der Waals surface area contributed by atoms with Gasteiger partial charge in [-0.1, -0.05) is 18.6 Å². The van der Waals surface area contributed by atoms with E-state index in [1.165, 1.54) is 32.7 Å². The number of amides is 1. The number of piperazine rings is 1. The Hall–Kier alpha value is -2.76. The Bertz CT molecular complexity index is 1260. The predicted molar refractivity (Wildman–Crippen MR) is 130 cm³/mol. The van der Waals surface area contributed by atoms with Crippen molar-refractivity contribution in [1.29, 1.82) is 10.5 Å². The first-order valence-electron chi connectivity index (χ1n) is 11.5. The number of nitrogens with one attached hydrogen (secondary N) is 1. The fraction of sp³-hybridized carbons (Fsp3) is 0.458. The lowest BCUT2D eigenvalue weighted by molar-refractivity contribution is -0.121. The van der Waals surface area contributed by atoms with E-state index in [-0.39, 0.29) is 29.5 Å². The lowest BCUT2D eigenvalue weighted by atomic mass is 10.1. The SMILES string of the molecule is C[C@@H](C(=O)Nc1sc2c(c1C#N)CCCCC2)N1CCN(S(=O)(=O)c2ccccc2C#N)CC1. The van der Waals surface area contributed by atoms with E-state index in [0.717, 1.165) is 37.7 Å². The third kappa shape index (κ3) is 4.73. The summed E-state index contributed by atoms with van der Waals surface area (Å²) >= 11 is 1.51. The largest absolute Gasteiger partial charge is 0.315 e. The molecular weight excluding hydrogens is 470 g/mol. The van der Waals surface area contributed by atoms with Gasteiger partial charge in [-0.05, 0) is 50.3 Å². The highest BCUT2D eigenvalue weighted by Gasteiger charge is 2.33. The van der Waals surface area contributed by atoms with Gasteiger partial charge in [-0.15, -0.1) is 11.3 Å². The molecule has 1 aromatic heterocycles. The Morgan fingerprint density at radius 3 is 2.47 bits per heavy atom. The second-order valence-electron chi connectivity index (χ2n) is 8.59. The number of benzene rings is 1. The summed E-state index contributed by atoms with van der Waals surface area (Å²) in [7, 11) is -3.79. The van der Waals surface area contributed by atoms with Crippen LogP contribution in [-0.4, -0.2) is 55.8 Å². The van der Waals surface area contributed by atoms with Crippen molar-refractivity contribution in [2.24, 2.45) is 0 Å². The van der Waals surface area contributed by atoms with Gasteiger partial charge in [-0.2, -0.15) is 14.8 Å². The zero-order chi connectivity index (χ0) is 24.3. The molecule has 0 saturated carbocycles. The molecule has 1 aromatic carbocycles. The van der Waals surface area contributed by atoms with Gasteiger partial charge < -0.3 is 5.32 Å². The van der Waals surface area contributed by atoms with Gasteiger partial charge in [0.15, 0.2) is 0 Å². The fourth-order valence-electron chi connectivity index (χ4n) is 4.59. The molecule has 178 valence electrons. The molecule has 1 aliphatic carbocycles. The molecule has 1 atom stereocenters. The van der Waals surface area contributed by atoms with Crippen molar-refractivity contribution in [3.63, 3.8) is 0 Å². The molecule has 8 nitrogen and oxygen atoms in total. The van der Waals surface area contributed by atoms with E-state index in [0.29, 0.717) is 23.7 Å². The summed E-state index contributed by atoms with van der Waals surface area (Å²) in [6.45, 7) is 3.06. The molecule has 2 heterocycles. The topological polar surface area (TPSA) is 117 Å². The van der Waals surface area contributed by atoms with Gasteiger partial charge in [0.25, 0.3) is 0 Å². The van der Waals surface area contributed by atoms with E-state index in [2.05, 4.69) is 11.4 Å². The average Bonchev–Trinajstić information content (AvgIpc) is 3.01. The molecule has 0 spiro atoms. The second-order valence-corrected chi connectivity index (χ2v) is 11.6. The number of sulfonamides is 1. The van der Waals surface area contributed by atoms with Crippen LogP contribution in [0.2, 0.25) is 0 Å². The molecule has 1 aliphatic heterocycles. The third-order valence-electron chi connectivity index (χ3n) is 6.60. The normalized spacial score (nSPS) is 18.2. The van der Waals surface area contributed by atoms with Crippen molar-refractivity contribution in [1.82, 2.24) is 9.21 Å². The summed E-state index contributed by atoms with van der Waals surface area (Å²) in [5, 5.41) is 22.6. The maximum Gasteiger partial charge on any atom is 0.244 e. The summed E-state index contributed by atoms with van der Waals surface area (Å²) in [6.07, 6.45) is 5.16. The highest BCUT2D eigenvalue weighted by molar-refractivity contribution is 7.89. The van der Waals surface area contributed by atoms with Crippen LogP contribution in [-0.2, 0) is 27.7 Å². The van der Waals surface area contributed by atoms with Crippen LogP contribution in [0.5, 0.6) is 0 Å². The van der Waals surface area contributed by atoms with Crippen LogP contribution in [0.1, 0.15) is 47.8 Å². The van der Waals surface area contributed by atoms with Gasteiger partial charge in [-0.25, -0.2) is 8.42 Å². The van der Waals surface area contributed by atoms with Crippen LogP contribution in [0, 0.1) is 22.7 Å². The summed E-state index contributed by atoms with van der Waals surface area (Å²) in [4.78, 5) is 16.2. The number of aryl methyl sites for hydroxylation is 1. The Kier molecular flexibility index (Phi) is 7.34. The zero-order valence-corrected chi connectivity index (χ0v) is 20.7. The highest BCUT2D eigenvalue weighted by atomic mass is 32.2. The minimum absolute atomic E-state index is 0.0123. The minimum atomic E-state index is -3.79. The van der Waals surface area contributed by atoms with Crippen molar-refractivity contribution < 1.29 is 13.2 Å². The molecule has 2 aromatic rings. The van der Waals surface area contributed by atoms with Crippen molar-refractivity contribution >= 4 is 32.3 Å². The molecule has 1 saturated heterocycles. The Balaban J connectivity index is 1.41. The minimum Gasteiger partial charge on any atom is -0.315 e. The number of carbonyl (C=O) groups excluding carboxylic acids is 1. The smallest absolute Gasteiger partial charge is 0.244 e. The van der Waals surface area contributed by atoms with Gasteiger partial charge in [0.2, 0.25) is 15.9 Å². The van der Waals surface area contributed by atoms with Gasteiger partial charge in [0, 0.05) is 31.1 Å². The van der Waals surface area contributed by atoms with E-state index in [9.17, 15) is 23.7 Å². The van der Waals surface area contributed by atoms with Crippen LogP contribution >= 0.6 is 11.3 Å². The monoisotopic (exact) mass is 497 g/mol. The number of anilines is 1. The van der Waals surface area contributed by atoms with E-state index < -0.39 is 16.1 Å². The van der Waals surface area contributed by atoms with Crippen LogP contribution < -0.4 is 5.32 Å². The van der Waals surface area contributed by atoms with Gasteiger partial charge in [0.05, 0.1) is 22.1 Å². The number of thiophene rings is 1. The van der Waals surface area contributed by atoms with Crippen molar-refractivity contribution in [3.05, 3.63) is 45.8 Å². The molecule has 1 fully saturated rings. The summed E-state index contributed by atoms with van der Waals surface area (Å²) in [6, 6.07) is 9.96. The summed E-state index contributed by atoms with van der Waals surface area (Å²) in [5.74, 6) is -0.195. The van der Waals surface area contributed by atoms with Crippen molar-refractivity contribution in [3.8, 4) is 12.1 Å². The van der Waals surface area contributed by atoms with Gasteiger partial charge in [0.1, 0.15) is 17.1 Å². The number of nitrogens with zero attached hydrogens (tertiary/aromatic N) is 4. The zero-order valence-electron chi connectivity index (χ0n) is 19.1. The quantitative estimate of drug-likeness (QED) is 0.635. The first kappa shape index (κ1) is 24.4. The third-order valence-corrected chi connectivity index (χ3v) is 9.76. The molecule has 0 radical (unpaired) electrons. The number of rotatable bonds is 5. The number of hydrogen-bond acceptors (Lipinski definition) is 7. The summed E-state index contributed by atoms with van der Waals surface area (Å²) in [5.41, 5.74) is 1.80. The lowest BCUT2D eigenvalue weighted by Crippen LogP contribution is -2.54. The molecule has 2 aliphatic rings. The highest BCUT2D eigenvalue weighted by Crippen LogP contribution is 2.37. The van der Waals surface area contributed by atoms with Crippen LogP contribution in [0.25, 0.3) is 0 Å². The second kappa shape index (κ2) is 10.2. The molecule has 1 N–H and O–H groups in total. The van der Waals surface area contributed by atoms with E-state index in [4.69, 9.17) is 0 Å². The average molecular weight is 498 g/mol. The number of carbonyl (C=O) groups is 1. The van der Waals surface area contributed by atoms with Crippen molar-refractivity contribution in [2.75, 3.05) is 31.5 Å². The maximum absolute atomic E-state index is 13.1. The summed E-state index contributed by atoms with van der Waals surface area (Å²) < 4.78 is 27.5. The Morgan fingerprint density at radius 2 is 1.76 bits per heavy atom. The Labute approximate surface area is 204 Å². The number of nitriles is 2. The van der Waals surface area contributed by atoms with Crippen LogP contribution in [0.3, 0.4) is 0 Å². The van der Waals surface area contributed by atoms with E-state index in [1.54, 1.807) is 19.1 Å². The number of hydrogen-bond donors (Lipinski definition) is 1. The fourth-order valence-corrected chi connectivity index (χ4v) is 7.39. The molecular formula is C24H27N5O3S2.